The van der Waals surface area contributed by atoms with E-state index in [9.17, 15) is 10.2 Å². The van der Waals surface area contributed by atoms with Crippen molar-refractivity contribution in [3.63, 3.8) is 0 Å². The van der Waals surface area contributed by atoms with Crippen LogP contribution in [0.15, 0.2) is 95.2 Å². The van der Waals surface area contributed by atoms with E-state index in [0.29, 0.717) is 10.7 Å². The molecule has 0 saturated carbocycles. The van der Waals surface area contributed by atoms with Gasteiger partial charge in [-0.05, 0) is 24.3 Å². The molecule has 0 radical (unpaired) electrons. The average Bonchev–Trinajstić information content (AvgIpc) is 2.76. The van der Waals surface area contributed by atoms with Crippen LogP contribution in [0, 0.1) is 0 Å². The zero-order valence-corrected chi connectivity index (χ0v) is 15.9. The number of hydrogen-bond donors (Lipinski definition) is 2. The maximum atomic E-state index is 9.87. The van der Waals surface area contributed by atoms with Gasteiger partial charge in [-0.15, -0.1) is 5.11 Å². The Morgan fingerprint density at radius 1 is 0.857 bits per heavy atom. The molecule has 0 amide bonds. The Balaban J connectivity index is 2.10. The highest BCUT2D eigenvalue weighted by Gasteiger charge is 2.36. The Labute approximate surface area is 168 Å². The van der Waals surface area contributed by atoms with Crippen molar-refractivity contribution in [1.82, 2.24) is 0 Å². The highest BCUT2D eigenvalue weighted by atomic mass is 35.5. The quantitative estimate of drug-likeness (QED) is 0.542. The molecule has 28 heavy (non-hydrogen) atoms. The fourth-order valence-electron chi connectivity index (χ4n) is 2.71. The monoisotopic (exact) mass is 396 g/mol. The number of aliphatic hydroxyl groups is 2. The second-order valence-corrected chi connectivity index (χ2v) is 6.64. The van der Waals surface area contributed by atoms with Crippen LogP contribution in [0.3, 0.4) is 0 Å². The molecule has 0 spiro atoms. The van der Waals surface area contributed by atoms with Crippen LogP contribution in [0.4, 0.5) is 5.69 Å². The summed E-state index contributed by atoms with van der Waals surface area (Å²) < 4.78 is 6.10. The van der Waals surface area contributed by atoms with Gasteiger partial charge in [-0.1, -0.05) is 72.3 Å². The topological polar surface area (TPSA) is 74.4 Å². The van der Waals surface area contributed by atoms with E-state index in [1.165, 1.54) is 0 Å². The molecule has 0 heterocycles. The van der Waals surface area contributed by atoms with E-state index in [0.717, 1.165) is 11.1 Å². The third-order valence-corrected chi connectivity index (χ3v) is 4.41. The molecule has 1 unspecified atom stereocenters. The predicted octanol–water partition coefficient (Wildman–Crippen LogP) is 4.69. The van der Waals surface area contributed by atoms with E-state index in [-0.39, 0.29) is 6.61 Å². The van der Waals surface area contributed by atoms with E-state index < -0.39 is 18.4 Å². The molecule has 3 aromatic rings. The SMILES string of the molecule is OCC(O)COC(N=Nc1ccc(Cl)cc1)(c1ccccc1)c1ccccc1. The van der Waals surface area contributed by atoms with E-state index in [4.69, 9.17) is 16.3 Å². The summed E-state index contributed by atoms with van der Waals surface area (Å²) in [5, 5.41) is 28.6. The van der Waals surface area contributed by atoms with Crippen molar-refractivity contribution in [2.45, 2.75) is 11.8 Å². The molecule has 2 N–H and O–H groups in total. The van der Waals surface area contributed by atoms with Gasteiger partial charge in [0.15, 0.2) is 0 Å². The number of azo groups is 1. The number of aliphatic hydroxyl groups excluding tert-OH is 2. The average molecular weight is 397 g/mol. The van der Waals surface area contributed by atoms with Gasteiger partial charge >= 0.3 is 0 Å². The predicted molar refractivity (Wildman–Crippen MR) is 109 cm³/mol. The van der Waals surface area contributed by atoms with Crippen molar-refractivity contribution >= 4 is 17.3 Å². The van der Waals surface area contributed by atoms with Crippen LogP contribution in [0.5, 0.6) is 0 Å². The van der Waals surface area contributed by atoms with Crippen LogP contribution in [0.25, 0.3) is 0 Å². The third-order valence-electron chi connectivity index (χ3n) is 4.16. The second-order valence-electron chi connectivity index (χ2n) is 6.20. The Morgan fingerprint density at radius 2 is 1.39 bits per heavy atom. The minimum atomic E-state index is -1.28. The minimum Gasteiger partial charge on any atom is -0.394 e. The maximum absolute atomic E-state index is 9.87. The largest absolute Gasteiger partial charge is 0.394 e. The highest BCUT2D eigenvalue weighted by Crippen LogP contribution is 2.37. The zero-order chi connectivity index (χ0) is 19.8. The highest BCUT2D eigenvalue weighted by molar-refractivity contribution is 6.30. The molecule has 0 aliphatic rings. The second kappa shape index (κ2) is 9.57. The van der Waals surface area contributed by atoms with Crippen molar-refractivity contribution in [2.24, 2.45) is 10.2 Å². The van der Waals surface area contributed by atoms with Gasteiger partial charge in [0.05, 0.1) is 18.9 Å². The number of ether oxygens (including phenoxy) is 1. The molecule has 0 saturated heterocycles. The first kappa shape index (κ1) is 20.2. The van der Waals surface area contributed by atoms with Gasteiger partial charge in [-0.3, -0.25) is 0 Å². The van der Waals surface area contributed by atoms with Crippen molar-refractivity contribution in [2.75, 3.05) is 13.2 Å². The van der Waals surface area contributed by atoms with Crippen molar-refractivity contribution in [1.29, 1.82) is 0 Å². The molecule has 0 aliphatic heterocycles. The van der Waals surface area contributed by atoms with Crippen LogP contribution in [0.1, 0.15) is 11.1 Å². The molecule has 0 aromatic heterocycles. The Morgan fingerprint density at radius 3 is 1.89 bits per heavy atom. The molecule has 0 fully saturated rings. The summed E-state index contributed by atoms with van der Waals surface area (Å²) in [6.45, 7) is -0.520. The Hall–Kier alpha value is -2.57. The maximum Gasteiger partial charge on any atom is 0.231 e. The van der Waals surface area contributed by atoms with Crippen molar-refractivity contribution in [3.05, 3.63) is 101 Å². The summed E-state index contributed by atoms with van der Waals surface area (Å²) in [5.74, 6) is 0. The lowest BCUT2D eigenvalue weighted by Gasteiger charge is -2.30. The van der Waals surface area contributed by atoms with Gasteiger partial charge in [0, 0.05) is 16.1 Å². The molecule has 1 atom stereocenters. The van der Waals surface area contributed by atoms with Gasteiger partial charge < -0.3 is 14.9 Å². The molecule has 5 nitrogen and oxygen atoms in total. The molecule has 0 bridgehead atoms. The van der Waals surface area contributed by atoms with Crippen LogP contribution in [-0.2, 0) is 10.5 Å². The Kier molecular flexibility index (Phi) is 6.90. The first-order valence-electron chi connectivity index (χ1n) is 8.86. The molecule has 0 aliphatic carbocycles. The molecule has 3 aromatic carbocycles. The van der Waals surface area contributed by atoms with Gasteiger partial charge in [0.2, 0.25) is 5.72 Å². The number of halogens is 1. The van der Waals surface area contributed by atoms with Crippen LogP contribution >= 0.6 is 11.6 Å². The van der Waals surface area contributed by atoms with Crippen LogP contribution < -0.4 is 0 Å². The van der Waals surface area contributed by atoms with Crippen LogP contribution in [-0.4, -0.2) is 29.5 Å². The van der Waals surface area contributed by atoms with Crippen molar-refractivity contribution in [3.8, 4) is 0 Å². The molecular weight excluding hydrogens is 376 g/mol. The lowest BCUT2D eigenvalue weighted by Crippen LogP contribution is -2.33. The third kappa shape index (κ3) is 4.82. The fraction of sp³-hybridized carbons (Fsp3) is 0.182. The lowest BCUT2D eigenvalue weighted by molar-refractivity contribution is -0.0707. The van der Waals surface area contributed by atoms with E-state index in [2.05, 4.69) is 10.2 Å². The number of rotatable bonds is 8. The Bertz CT molecular complexity index is 847. The lowest BCUT2D eigenvalue weighted by atomic mass is 9.95. The fourth-order valence-corrected chi connectivity index (χ4v) is 2.84. The van der Waals surface area contributed by atoms with Gasteiger partial charge in [0.25, 0.3) is 0 Å². The summed E-state index contributed by atoms with van der Waals surface area (Å²) in [4.78, 5) is 0. The summed E-state index contributed by atoms with van der Waals surface area (Å²) in [6, 6.07) is 25.9. The van der Waals surface area contributed by atoms with E-state index in [1.54, 1.807) is 24.3 Å². The van der Waals surface area contributed by atoms with Gasteiger partial charge in [-0.25, -0.2) is 0 Å². The first-order chi connectivity index (χ1) is 13.6. The summed E-state index contributed by atoms with van der Waals surface area (Å²) >= 11 is 5.95. The molecular formula is C22H21ClN2O3. The zero-order valence-electron chi connectivity index (χ0n) is 15.1. The smallest absolute Gasteiger partial charge is 0.231 e. The molecule has 144 valence electrons. The van der Waals surface area contributed by atoms with Gasteiger partial charge in [0.1, 0.15) is 6.10 Å². The first-order valence-corrected chi connectivity index (χ1v) is 9.24. The van der Waals surface area contributed by atoms with E-state index in [1.807, 2.05) is 60.7 Å². The van der Waals surface area contributed by atoms with Crippen LogP contribution in [0.2, 0.25) is 5.02 Å². The summed E-state index contributed by atoms with van der Waals surface area (Å²) in [6.07, 6.45) is -1.03. The van der Waals surface area contributed by atoms with Crippen molar-refractivity contribution < 1.29 is 14.9 Å². The van der Waals surface area contributed by atoms with E-state index >= 15 is 0 Å². The normalized spacial score (nSPS) is 13.0. The molecule has 6 heteroatoms. The number of nitrogens with zero attached hydrogens (tertiary/aromatic N) is 2. The summed E-state index contributed by atoms with van der Waals surface area (Å²) in [5.41, 5.74) is 0.846. The number of hydrogen-bond acceptors (Lipinski definition) is 5. The van der Waals surface area contributed by atoms with Gasteiger partial charge in [-0.2, -0.15) is 5.11 Å². The molecule has 3 rings (SSSR count). The number of benzene rings is 3. The standard InChI is InChI=1S/C22H21ClN2O3/c23-19-11-13-20(14-12-19)24-25-22(28-16-21(27)15-26,17-7-3-1-4-8-17)18-9-5-2-6-10-18/h1-14,21,26-27H,15-16H2. The summed E-state index contributed by atoms with van der Waals surface area (Å²) in [7, 11) is 0. The minimum absolute atomic E-state index is 0.111.